The third-order valence-corrected chi connectivity index (χ3v) is 2.59. The first-order valence-corrected chi connectivity index (χ1v) is 4.48. The molecule has 70 valence electrons. The maximum absolute atomic E-state index is 13.2. The van der Waals surface area contributed by atoms with Crippen LogP contribution in [-0.2, 0) is 0 Å². The lowest BCUT2D eigenvalue weighted by atomic mass is 9.96. The van der Waals surface area contributed by atoms with E-state index >= 15 is 0 Å². The van der Waals surface area contributed by atoms with E-state index in [2.05, 4.69) is 5.32 Å². The van der Waals surface area contributed by atoms with Crippen LogP contribution in [0, 0.1) is 5.82 Å². The summed E-state index contributed by atoms with van der Waals surface area (Å²) >= 11 is 5.67. The minimum absolute atomic E-state index is 0.0845. The molecule has 1 heterocycles. The summed E-state index contributed by atoms with van der Waals surface area (Å²) in [6.45, 7) is 0.857. The summed E-state index contributed by atoms with van der Waals surface area (Å²) in [5.74, 6) is -0.544. The van der Waals surface area contributed by atoms with Crippen LogP contribution in [0.15, 0.2) is 12.1 Å². The average molecular weight is 202 g/mol. The first-order valence-electron chi connectivity index (χ1n) is 4.10. The molecular weight excluding hydrogens is 193 g/mol. The van der Waals surface area contributed by atoms with Gasteiger partial charge < -0.3 is 10.4 Å². The van der Waals surface area contributed by atoms with Crippen LogP contribution < -0.4 is 5.32 Å². The molecule has 1 aliphatic heterocycles. The largest absolute Gasteiger partial charge is 0.506 e. The normalized spacial score (nSPS) is 21.2. The smallest absolute Gasteiger partial charge is 0.141 e. The van der Waals surface area contributed by atoms with Gasteiger partial charge in [0.1, 0.15) is 11.6 Å². The van der Waals surface area contributed by atoms with E-state index in [0.29, 0.717) is 5.56 Å². The molecule has 1 aromatic carbocycles. The van der Waals surface area contributed by atoms with Gasteiger partial charge in [0.15, 0.2) is 0 Å². The predicted octanol–water partition coefficient (Wildman–Crippen LogP) is 2.22. The molecule has 0 saturated carbocycles. The van der Waals surface area contributed by atoms with Gasteiger partial charge in [-0.3, -0.25) is 0 Å². The summed E-state index contributed by atoms with van der Waals surface area (Å²) in [5.41, 5.74) is 0.291. The van der Waals surface area contributed by atoms with Gasteiger partial charge in [0, 0.05) is 11.6 Å². The second-order valence-corrected chi connectivity index (χ2v) is 3.49. The summed E-state index contributed by atoms with van der Waals surface area (Å²) in [7, 11) is 0. The standard InChI is InChI=1S/C9H9ClFNO/c10-5-1-2-6(11)8(9(5)13)7-3-4-12-7/h1-2,7,12-13H,3-4H2/t7-/m1/s1. The van der Waals surface area contributed by atoms with Crippen molar-refractivity contribution in [1.29, 1.82) is 0 Å². The fraction of sp³-hybridized carbons (Fsp3) is 0.333. The van der Waals surface area contributed by atoms with Crippen molar-refractivity contribution >= 4 is 11.6 Å². The zero-order valence-electron chi connectivity index (χ0n) is 6.85. The zero-order valence-corrected chi connectivity index (χ0v) is 7.61. The first-order chi connectivity index (χ1) is 6.20. The molecule has 1 fully saturated rings. The van der Waals surface area contributed by atoms with Gasteiger partial charge in [-0.25, -0.2) is 4.39 Å². The van der Waals surface area contributed by atoms with E-state index in [0.717, 1.165) is 13.0 Å². The average Bonchev–Trinajstić information content (AvgIpc) is 2.02. The number of halogens is 2. The summed E-state index contributed by atoms with van der Waals surface area (Å²) < 4.78 is 13.2. The lowest BCUT2D eigenvalue weighted by molar-refractivity contribution is 0.351. The molecule has 1 aliphatic rings. The molecule has 0 spiro atoms. The van der Waals surface area contributed by atoms with Gasteiger partial charge in [-0.1, -0.05) is 11.6 Å². The molecule has 13 heavy (non-hydrogen) atoms. The van der Waals surface area contributed by atoms with Crippen LogP contribution in [0.25, 0.3) is 0 Å². The van der Waals surface area contributed by atoms with E-state index in [-0.39, 0.29) is 16.8 Å². The fourth-order valence-electron chi connectivity index (χ4n) is 1.42. The molecule has 2 N–H and O–H groups in total. The number of aromatic hydroxyl groups is 1. The Morgan fingerprint density at radius 1 is 1.54 bits per heavy atom. The number of hydrogen-bond donors (Lipinski definition) is 2. The Bertz CT molecular complexity index is 339. The molecular formula is C9H9ClFNO. The highest BCUT2D eigenvalue weighted by Crippen LogP contribution is 2.37. The van der Waals surface area contributed by atoms with Crippen LogP contribution in [0.1, 0.15) is 18.0 Å². The summed E-state index contributed by atoms with van der Waals surface area (Å²) in [5, 5.41) is 12.7. The molecule has 4 heteroatoms. The molecule has 2 nitrogen and oxygen atoms in total. The Kier molecular flexibility index (Phi) is 2.14. The van der Waals surface area contributed by atoms with Crippen molar-refractivity contribution in [2.24, 2.45) is 0 Å². The molecule has 2 rings (SSSR count). The second kappa shape index (κ2) is 3.16. The van der Waals surface area contributed by atoms with Gasteiger partial charge in [-0.2, -0.15) is 0 Å². The van der Waals surface area contributed by atoms with Crippen molar-refractivity contribution < 1.29 is 9.50 Å². The van der Waals surface area contributed by atoms with E-state index in [1.54, 1.807) is 0 Å². The van der Waals surface area contributed by atoms with E-state index in [1.165, 1.54) is 12.1 Å². The zero-order chi connectivity index (χ0) is 9.42. The first kappa shape index (κ1) is 8.78. The van der Waals surface area contributed by atoms with Crippen LogP contribution in [0.3, 0.4) is 0 Å². The van der Waals surface area contributed by atoms with E-state index in [9.17, 15) is 9.50 Å². The van der Waals surface area contributed by atoms with Gasteiger partial charge in [0.2, 0.25) is 0 Å². The van der Waals surface area contributed by atoms with Crippen LogP contribution in [0.5, 0.6) is 5.75 Å². The molecule has 0 amide bonds. The molecule has 0 unspecified atom stereocenters. The monoisotopic (exact) mass is 201 g/mol. The van der Waals surface area contributed by atoms with Crippen molar-refractivity contribution in [3.63, 3.8) is 0 Å². The van der Waals surface area contributed by atoms with E-state index < -0.39 is 5.82 Å². The highest BCUT2D eigenvalue weighted by Gasteiger charge is 2.25. The van der Waals surface area contributed by atoms with Gasteiger partial charge in [-0.05, 0) is 25.1 Å². The molecule has 0 aromatic heterocycles. The Morgan fingerprint density at radius 2 is 2.23 bits per heavy atom. The fourth-order valence-corrected chi connectivity index (χ4v) is 1.59. The summed E-state index contributed by atoms with van der Waals surface area (Å²) in [6, 6.07) is 2.55. The Hall–Kier alpha value is -0.800. The lowest BCUT2D eigenvalue weighted by Gasteiger charge is -2.28. The number of phenolic OH excluding ortho intramolecular Hbond substituents is 1. The minimum atomic E-state index is -0.404. The SMILES string of the molecule is Oc1c(Cl)ccc(F)c1[C@H]1CCN1. The predicted molar refractivity (Wildman–Crippen MR) is 48.4 cm³/mol. The quantitative estimate of drug-likeness (QED) is 0.730. The highest BCUT2D eigenvalue weighted by atomic mass is 35.5. The Balaban J connectivity index is 2.46. The third-order valence-electron chi connectivity index (χ3n) is 2.29. The van der Waals surface area contributed by atoms with Gasteiger partial charge in [-0.15, -0.1) is 0 Å². The summed E-state index contributed by atoms with van der Waals surface area (Å²) in [6.07, 6.45) is 0.838. The lowest BCUT2D eigenvalue weighted by Crippen LogP contribution is -2.35. The maximum Gasteiger partial charge on any atom is 0.141 e. The Morgan fingerprint density at radius 3 is 2.77 bits per heavy atom. The Labute approximate surface area is 80.3 Å². The van der Waals surface area contributed by atoms with E-state index in [4.69, 9.17) is 11.6 Å². The number of hydrogen-bond acceptors (Lipinski definition) is 2. The highest BCUT2D eigenvalue weighted by molar-refractivity contribution is 6.32. The topological polar surface area (TPSA) is 32.3 Å². The second-order valence-electron chi connectivity index (χ2n) is 3.09. The van der Waals surface area contributed by atoms with Crippen LogP contribution >= 0.6 is 11.6 Å². The van der Waals surface area contributed by atoms with Crippen molar-refractivity contribution in [3.05, 3.63) is 28.5 Å². The minimum Gasteiger partial charge on any atom is -0.506 e. The third kappa shape index (κ3) is 1.38. The van der Waals surface area contributed by atoms with Gasteiger partial charge in [0.25, 0.3) is 0 Å². The van der Waals surface area contributed by atoms with Crippen molar-refractivity contribution in [1.82, 2.24) is 5.32 Å². The van der Waals surface area contributed by atoms with Crippen molar-refractivity contribution in [3.8, 4) is 5.75 Å². The van der Waals surface area contributed by atoms with Crippen molar-refractivity contribution in [2.75, 3.05) is 6.54 Å². The molecule has 0 radical (unpaired) electrons. The van der Waals surface area contributed by atoms with Gasteiger partial charge >= 0.3 is 0 Å². The van der Waals surface area contributed by atoms with E-state index in [1.807, 2.05) is 0 Å². The number of nitrogens with one attached hydrogen (secondary N) is 1. The number of rotatable bonds is 1. The molecule has 1 saturated heterocycles. The number of benzene rings is 1. The molecule has 1 atom stereocenters. The van der Waals surface area contributed by atoms with Crippen LogP contribution in [0.4, 0.5) is 4.39 Å². The molecule has 1 aromatic rings. The molecule has 0 bridgehead atoms. The van der Waals surface area contributed by atoms with Crippen molar-refractivity contribution in [2.45, 2.75) is 12.5 Å². The van der Waals surface area contributed by atoms with Crippen LogP contribution in [-0.4, -0.2) is 11.7 Å². The number of phenols is 1. The van der Waals surface area contributed by atoms with Crippen LogP contribution in [0.2, 0.25) is 5.02 Å². The maximum atomic E-state index is 13.2. The van der Waals surface area contributed by atoms with Gasteiger partial charge in [0.05, 0.1) is 5.02 Å². The summed E-state index contributed by atoms with van der Waals surface area (Å²) in [4.78, 5) is 0. The molecule has 0 aliphatic carbocycles.